The number of nitrogens with zero attached hydrogens (tertiary/aromatic N) is 2. The molecule has 1 N–H and O–H groups in total. The maximum absolute atomic E-state index is 12.5. The average molecular weight is 424 g/mol. The van der Waals surface area contributed by atoms with Crippen LogP contribution in [0.1, 0.15) is 19.4 Å². The number of amides is 3. The van der Waals surface area contributed by atoms with Gasteiger partial charge in [-0.2, -0.15) is 0 Å². The lowest BCUT2D eigenvalue weighted by Gasteiger charge is -2.33. The van der Waals surface area contributed by atoms with Crippen LogP contribution in [-0.2, 0) is 14.4 Å². The molecule has 0 radical (unpaired) electrons. The zero-order valence-electron chi connectivity index (χ0n) is 17.0. The van der Waals surface area contributed by atoms with E-state index in [2.05, 4.69) is 5.32 Å². The number of ether oxygens (including phenoxy) is 2. The molecular formula is C20H26ClN3O5. The Labute approximate surface area is 175 Å². The van der Waals surface area contributed by atoms with Gasteiger partial charge in [0.2, 0.25) is 5.91 Å². The van der Waals surface area contributed by atoms with E-state index in [0.717, 1.165) is 0 Å². The molecule has 1 heterocycles. The highest BCUT2D eigenvalue weighted by Crippen LogP contribution is 2.36. The third-order valence-corrected chi connectivity index (χ3v) is 4.65. The molecule has 9 heteroatoms. The molecule has 0 atom stereocenters. The van der Waals surface area contributed by atoms with Gasteiger partial charge >= 0.3 is 11.8 Å². The molecule has 3 amide bonds. The van der Waals surface area contributed by atoms with Gasteiger partial charge < -0.3 is 24.6 Å². The van der Waals surface area contributed by atoms with E-state index >= 15 is 0 Å². The number of halogens is 1. The van der Waals surface area contributed by atoms with E-state index in [0.29, 0.717) is 48.3 Å². The molecule has 1 aliphatic rings. The van der Waals surface area contributed by atoms with Crippen molar-refractivity contribution in [2.75, 3.05) is 40.4 Å². The van der Waals surface area contributed by atoms with Gasteiger partial charge in [0.1, 0.15) is 0 Å². The Morgan fingerprint density at radius 3 is 2.24 bits per heavy atom. The fourth-order valence-corrected chi connectivity index (χ4v) is 3.20. The van der Waals surface area contributed by atoms with Crippen molar-refractivity contribution in [2.24, 2.45) is 0 Å². The first-order valence-corrected chi connectivity index (χ1v) is 9.62. The van der Waals surface area contributed by atoms with E-state index in [-0.39, 0.29) is 11.9 Å². The van der Waals surface area contributed by atoms with E-state index in [9.17, 15) is 14.4 Å². The van der Waals surface area contributed by atoms with Gasteiger partial charge in [0.15, 0.2) is 11.5 Å². The minimum atomic E-state index is -0.620. The van der Waals surface area contributed by atoms with Gasteiger partial charge in [0.25, 0.3) is 0 Å². The molecule has 8 nitrogen and oxygen atoms in total. The van der Waals surface area contributed by atoms with Gasteiger partial charge in [-0.15, -0.1) is 0 Å². The Kier molecular flexibility index (Phi) is 7.90. The van der Waals surface area contributed by atoms with Crippen LogP contribution in [-0.4, -0.2) is 74.0 Å². The molecule has 0 aromatic heterocycles. The number of rotatable bonds is 5. The van der Waals surface area contributed by atoms with Crippen LogP contribution in [0.4, 0.5) is 0 Å². The fraction of sp³-hybridized carbons (Fsp3) is 0.450. The smallest absolute Gasteiger partial charge is 0.312 e. The summed E-state index contributed by atoms with van der Waals surface area (Å²) >= 11 is 6.18. The van der Waals surface area contributed by atoms with E-state index in [1.165, 1.54) is 25.2 Å². The SMILES string of the molecule is COc1cc(C=CC(=O)N2CCN(C(=O)C(=O)NC(C)C)CC2)cc(Cl)c1OC. The highest BCUT2D eigenvalue weighted by Gasteiger charge is 2.27. The molecule has 158 valence electrons. The predicted molar refractivity (Wildman–Crippen MR) is 110 cm³/mol. The molecular weight excluding hydrogens is 398 g/mol. The number of carbonyl (C=O) groups excluding carboxylic acids is 3. The van der Waals surface area contributed by atoms with Crippen molar-refractivity contribution in [3.8, 4) is 11.5 Å². The first kappa shape index (κ1) is 22.5. The van der Waals surface area contributed by atoms with Crippen LogP contribution in [0.2, 0.25) is 5.02 Å². The molecule has 1 aromatic rings. The van der Waals surface area contributed by atoms with Crippen LogP contribution in [0.15, 0.2) is 18.2 Å². The summed E-state index contributed by atoms with van der Waals surface area (Å²) in [5.74, 6) is -0.472. The zero-order chi connectivity index (χ0) is 21.6. The Morgan fingerprint density at radius 2 is 1.69 bits per heavy atom. The monoisotopic (exact) mass is 423 g/mol. The third-order valence-electron chi connectivity index (χ3n) is 4.37. The van der Waals surface area contributed by atoms with Crippen molar-refractivity contribution in [1.29, 1.82) is 0 Å². The Balaban J connectivity index is 1.95. The first-order valence-electron chi connectivity index (χ1n) is 9.25. The van der Waals surface area contributed by atoms with Crippen LogP contribution < -0.4 is 14.8 Å². The quantitative estimate of drug-likeness (QED) is 0.573. The highest BCUT2D eigenvalue weighted by molar-refractivity contribution is 6.35. The number of methoxy groups -OCH3 is 2. The Bertz CT molecular complexity index is 802. The zero-order valence-corrected chi connectivity index (χ0v) is 17.8. The van der Waals surface area contributed by atoms with Gasteiger partial charge in [-0.3, -0.25) is 14.4 Å². The van der Waals surface area contributed by atoms with Crippen molar-refractivity contribution in [3.05, 3.63) is 28.8 Å². The van der Waals surface area contributed by atoms with Gasteiger partial charge in [0.05, 0.1) is 19.2 Å². The molecule has 1 aromatic carbocycles. The summed E-state index contributed by atoms with van der Waals surface area (Å²) in [6.45, 7) is 4.92. The lowest BCUT2D eigenvalue weighted by atomic mass is 10.1. The van der Waals surface area contributed by atoms with Gasteiger partial charge in [0, 0.05) is 38.3 Å². The molecule has 1 fully saturated rings. The normalized spacial score (nSPS) is 14.3. The lowest BCUT2D eigenvalue weighted by Crippen LogP contribution is -2.54. The van der Waals surface area contributed by atoms with E-state index in [1.54, 1.807) is 37.0 Å². The lowest BCUT2D eigenvalue weighted by molar-refractivity contribution is -0.148. The molecule has 0 aliphatic carbocycles. The predicted octanol–water partition coefficient (Wildman–Crippen LogP) is 1.57. The molecule has 2 rings (SSSR count). The number of carbonyl (C=O) groups is 3. The minimum Gasteiger partial charge on any atom is -0.493 e. The van der Waals surface area contributed by atoms with Crippen LogP contribution in [0, 0.1) is 0 Å². The highest BCUT2D eigenvalue weighted by atomic mass is 35.5. The van der Waals surface area contributed by atoms with E-state index in [1.807, 2.05) is 0 Å². The summed E-state index contributed by atoms with van der Waals surface area (Å²) in [7, 11) is 3.01. The summed E-state index contributed by atoms with van der Waals surface area (Å²) in [5.41, 5.74) is 0.695. The molecule has 0 saturated carbocycles. The molecule has 29 heavy (non-hydrogen) atoms. The van der Waals surface area contributed by atoms with Crippen LogP contribution >= 0.6 is 11.6 Å². The second-order valence-electron chi connectivity index (χ2n) is 6.82. The number of hydrogen-bond donors (Lipinski definition) is 1. The van der Waals surface area contributed by atoms with Crippen molar-refractivity contribution < 1.29 is 23.9 Å². The maximum atomic E-state index is 12.5. The van der Waals surface area contributed by atoms with Crippen LogP contribution in [0.5, 0.6) is 11.5 Å². The summed E-state index contributed by atoms with van der Waals surface area (Å²) in [6.07, 6.45) is 3.09. The van der Waals surface area contributed by atoms with Crippen molar-refractivity contribution >= 4 is 35.4 Å². The minimum absolute atomic E-state index is 0.107. The molecule has 0 unspecified atom stereocenters. The van der Waals surface area contributed by atoms with Gasteiger partial charge in [-0.1, -0.05) is 11.6 Å². The number of nitrogens with one attached hydrogen (secondary N) is 1. The number of benzene rings is 1. The molecule has 0 spiro atoms. The van der Waals surface area contributed by atoms with Gasteiger partial charge in [-0.25, -0.2) is 0 Å². The summed E-state index contributed by atoms with van der Waals surface area (Å²) in [4.78, 5) is 39.5. The van der Waals surface area contributed by atoms with Gasteiger partial charge in [-0.05, 0) is 37.6 Å². The summed E-state index contributed by atoms with van der Waals surface area (Å²) in [6, 6.07) is 3.29. The third kappa shape index (κ3) is 5.87. The van der Waals surface area contributed by atoms with Crippen LogP contribution in [0.25, 0.3) is 6.08 Å². The van der Waals surface area contributed by atoms with E-state index < -0.39 is 11.8 Å². The Hall–Kier alpha value is -2.74. The average Bonchev–Trinajstić information content (AvgIpc) is 2.70. The molecule has 0 bridgehead atoms. The topological polar surface area (TPSA) is 88.2 Å². The van der Waals surface area contributed by atoms with Crippen molar-refractivity contribution in [3.63, 3.8) is 0 Å². The van der Waals surface area contributed by atoms with Crippen molar-refractivity contribution in [2.45, 2.75) is 19.9 Å². The Morgan fingerprint density at radius 1 is 1.07 bits per heavy atom. The maximum Gasteiger partial charge on any atom is 0.312 e. The largest absolute Gasteiger partial charge is 0.493 e. The van der Waals surface area contributed by atoms with E-state index in [4.69, 9.17) is 21.1 Å². The number of hydrogen-bond acceptors (Lipinski definition) is 5. The molecule has 1 aliphatic heterocycles. The molecule has 1 saturated heterocycles. The summed E-state index contributed by atoms with van der Waals surface area (Å²) < 4.78 is 10.4. The summed E-state index contributed by atoms with van der Waals surface area (Å²) in [5, 5.41) is 2.96. The fourth-order valence-electron chi connectivity index (χ4n) is 2.90. The first-order chi connectivity index (χ1) is 13.8. The van der Waals surface area contributed by atoms with Crippen molar-refractivity contribution in [1.82, 2.24) is 15.1 Å². The second kappa shape index (κ2) is 10.2. The van der Waals surface area contributed by atoms with Crippen LogP contribution in [0.3, 0.4) is 0 Å². The standard InChI is InChI=1S/C20H26ClN3O5/c1-13(2)22-19(26)20(27)24-9-7-23(8-10-24)17(25)6-5-14-11-15(21)18(29-4)16(12-14)28-3/h5-6,11-13H,7-10H2,1-4H3,(H,22,26). The number of piperazine rings is 1. The second-order valence-corrected chi connectivity index (χ2v) is 7.22.